The highest BCUT2D eigenvalue weighted by atomic mass is 19.4. The Morgan fingerprint density at radius 2 is 1.88 bits per heavy atom. The van der Waals surface area contributed by atoms with E-state index in [1.54, 1.807) is 45.0 Å². The number of aryl methyl sites for hydroxylation is 1. The first kappa shape index (κ1) is 16.8. The number of rotatable bonds is 2. The van der Waals surface area contributed by atoms with Crippen molar-refractivity contribution in [3.05, 3.63) is 47.5 Å². The van der Waals surface area contributed by atoms with Crippen LogP contribution in [0.2, 0.25) is 0 Å². The lowest BCUT2D eigenvalue weighted by Gasteiger charge is -2.30. The number of carbonyl (C=O) groups is 1. The van der Waals surface area contributed by atoms with Gasteiger partial charge in [-0.25, -0.2) is 5.01 Å². The molecule has 1 saturated heterocycles. The largest absolute Gasteiger partial charge is 0.409 e. The van der Waals surface area contributed by atoms with Gasteiger partial charge in [0.15, 0.2) is 0 Å². The van der Waals surface area contributed by atoms with Gasteiger partial charge in [0.25, 0.3) is 0 Å². The molecule has 1 atom stereocenters. The normalized spacial score (nSPS) is 19.5. The Kier molecular flexibility index (Phi) is 3.83. The molecule has 1 N–H and O–H groups in total. The zero-order chi connectivity index (χ0) is 17.7. The minimum absolute atomic E-state index is 0.00187. The van der Waals surface area contributed by atoms with Crippen molar-refractivity contribution in [2.45, 2.75) is 33.0 Å². The summed E-state index contributed by atoms with van der Waals surface area (Å²) in [6.45, 7) is 5.08. The molecule has 0 unspecified atom stereocenters. The molecule has 0 radical (unpaired) electrons. The first-order chi connectivity index (χ1) is 11.1. The van der Waals surface area contributed by atoms with E-state index in [-0.39, 0.29) is 12.1 Å². The third kappa shape index (κ3) is 2.86. The van der Waals surface area contributed by atoms with E-state index in [0.29, 0.717) is 0 Å². The van der Waals surface area contributed by atoms with Crippen LogP contribution in [0.25, 0.3) is 10.8 Å². The maximum Gasteiger partial charge on any atom is 0.409 e. The molecule has 0 bridgehead atoms. The Hall–Kier alpha value is -2.08. The van der Waals surface area contributed by atoms with Crippen LogP contribution >= 0.6 is 0 Å². The van der Waals surface area contributed by atoms with E-state index in [4.69, 9.17) is 0 Å². The lowest BCUT2D eigenvalue weighted by Crippen LogP contribution is -2.43. The van der Waals surface area contributed by atoms with E-state index >= 15 is 0 Å². The number of hydrazine groups is 1. The van der Waals surface area contributed by atoms with Crippen LogP contribution in [-0.2, 0) is 4.79 Å². The third-order valence-corrected chi connectivity index (χ3v) is 4.45. The van der Waals surface area contributed by atoms with Gasteiger partial charge in [-0.15, -0.1) is 0 Å². The number of fused-ring (bicyclic) bond motifs is 1. The Balaban J connectivity index is 2.10. The predicted octanol–water partition coefficient (Wildman–Crippen LogP) is 4.12. The van der Waals surface area contributed by atoms with Crippen LogP contribution in [0, 0.1) is 12.3 Å². The van der Waals surface area contributed by atoms with Gasteiger partial charge in [0.05, 0.1) is 5.41 Å². The fraction of sp³-hybridized carbons (Fsp3) is 0.389. The molecule has 0 spiro atoms. The summed E-state index contributed by atoms with van der Waals surface area (Å²) in [5.74, 6) is -0.394. The van der Waals surface area contributed by atoms with Crippen molar-refractivity contribution in [2.75, 3.05) is 6.54 Å². The topological polar surface area (TPSA) is 32.3 Å². The summed E-state index contributed by atoms with van der Waals surface area (Å²) >= 11 is 0. The Morgan fingerprint density at radius 3 is 2.46 bits per heavy atom. The number of hydrogen-bond acceptors (Lipinski definition) is 2. The van der Waals surface area contributed by atoms with Gasteiger partial charge in [-0.05, 0) is 48.7 Å². The highest BCUT2D eigenvalue weighted by Crippen LogP contribution is 2.41. The minimum Gasteiger partial charge on any atom is -0.287 e. The highest BCUT2D eigenvalue weighted by Gasteiger charge is 2.51. The molecule has 2 aromatic carbocycles. The number of halogens is 3. The minimum atomic E-state index is -4.50. The Morgan fingerprint density at radius 1 is 1.21 bits per heavy atom. The number of hydrogen-bond donors (Lipinski definition) is 1. The van der Waals surface area contributed by atoms with Gasteiger partial charge in [0.1, 0.15) is 6.04 Å². The van der Waals surface area contributed by atoms with Crippen LogP contribution in [-0.4, -0.2) is 23.6 Å². The Labute approximate surface area is 138 Å². The van der Waals surface area contributed by atoms with Gasteiger partial charge < -0.3 is 0 Å². The van der Waals surface area contributed by atoms with E-state index in [1.807, 2.05) is 12.1 Å². The van der Waals surface area contributed by atoms with Crippen LogP contribution in [0.5, 0.6) is 0 Å². The van der Waals surface area contributed by atoms with Crippen molar-refractivity contribution in [3.63, 3.8) is 0 Å². The van der Waals surface area contributed by atoms with Crippen molar-refractivity contribution in [1.82, 2.24) is 10.4 Å². The zero-order valence-corrected chi connectivity index (χ0v) is 13.7. The molecular formula is C18H19F3N2O. The summed E-state index contributed by atoms with van der Waals surface area (Å²) in [6.07, 6.45) is -4.50. The van der Waals surface area contributed by atoms with Gasteiger partial charge in [-0.3, -0.25) is 10.2 Å². The second-order valence-electron chi connectivity index (χ2n) is 6.96. The zero-order valence-electron chi connectivity index (χ0n) is 13.7. The van der Waals surface area contributed by atoms with Crippen LogP contribution in [0.1, 0.15) is 31.0 Å². The maximum atomic E-state index is 13.8. The van der Waals surface area contributed by atoms with Crippen molar-refractivity contribution < 1.29 is 18.0 Å². The highest BCUT2D eigenvalue weighted by molar-refractivity contribution is 5.86. The number of nitrogens with zero attached hydrogens (tertiary/aromatic N) is 1. The van der Waals surface area contributed by atoms with Crippen LogP contribution < -0.4 is 5.43 Å². The van der Waals surface area contributed by atoms with E-state index < -0.39 is 23.5 Å². The van der Waals surface area contributed by atoms with Gasteiger partial charge in [-0.2, -0.15) is 13.2 Å². The van der Waals surface area contributed by atoms with E-state index in [0.717, 1.165) is 21.3 Å². The average Bonchev–Trinajstić information content (AvgIpc) is 2.70. The molecule has 2 aromatic rings. The van der Waals surface area contributed by atoms with Gasteiger partial charge in [0.2, 0.25) is 5.91 Å². The number of nitrogens with one attached hydrogen (secondary N) is 1. The molecule has 1 amide bonds. The van der Waals surface area contributed by atoms with Gasteiger partial charge in [-0.1, -0.05) is 30.3 Å². The SMILES string of the molecule is Cc1cc([C@H](N2CC(C)(C)C(=O)N2)C(F)(F)F)cc2ccccc12. The summed E-state index contributed by atoms with van der Waals surface area (Å²) in [5.41, 5.74) is 2.45. The van der Waals surface area contributed by atoms with Gasteiger partial charge >= 0.3 is 6.18 Å². The van der Waals surface area contributed by atoms with Crippen LogP contribution in [0.4, 0.5) is 13.2 Å². The lowest BCUT2D eigenvalue weighted by molar-refractivity contribution is -0.191. The van der Waals surface area contributed by atoms with Crippen LogP contribution in [0.3, 0.4) is 0 Å². The van der Waals surface area contributed by atoms with E-state index in [9.17, 15) is 18.0 Å². The van der Waals surface area contributed by atoms with Crippen molar-refractivity contribution in [3.8, 4) is 0 Å². The maximum absolute atomic E-state index is 13.8. The number of alkyl halides is 3. The second-order valence-corrected chi connectivity index (χ2v) is 6.96. The molecule has 1 heterocycles. The molecule has 3 rings (SSSR count). The van der Waals surface area contributed by atoms with E-state index in [1.165, 1.54) is 0 Å². The second kappa shape index (κ2) is 5.48. The number of amides is 1. The lowest BCUT2D eigenvalue weighted by atomic mass is 9.93. The smallest absolute Gasteiger partial charge is 0.287 e. The summed E-state index contributed by atoms with van der Waals surface area (Å²) in [5, 5.41) is 2.69. The molecule has 1 aliphatic rings. The quantitative estimate of drug-likeness (QED) is 0.894. The molecule has 128 valence electrons. The number of benzene rings is 2. The monoisotopic (exact) mass is 336 g/mol. The van der Waals surface area contributed by atoms with E-state index in [2.05, 4.69) is 5.43 Å². The first-order valence-electron chi connectivity index (χ1n) is 7.73. The summed E-state index contributed by atoms with van der Waals surface area (Å²) in [6, 6.07) is 8.58. The Bertz CT molecular complexity index is 798. The fourth-order valence-corrected chi connectivity index (χ4v) is 3.21. The molecule has 0 aliphatic carbocycles. The van der Waals surface area contributed by atoms with Crippen molar-refractivity contribution in [2.24, 2.45) is 5.41 Å². The summed E-state index contributed by atoms with van der Waals surface area (Å²) < 4.78 is 41.3. The third-order valence-electron chi connectivity index (χ3n) is 4.45. The molecule has 24 heavy (non-hydrogen) atoms. The predicted molar refractivity (Wildman–Crippen MR) is 86.1 cm³/mol. The van der Waals surface area contributed by atoms with Crippen molar-refractivity contribution in [1.29, 1.82) is 0 Å². The fourth-order valence-electron chi connectivity index (χ4n) is 3.21. The van der Waals surface area contributed by atoms with Crippen molar-refractivity contribution >= 4 is 16.7 Å². The standard InChI is InChI=1S/C18H19F3N2O/c1-11-8-13(9-12-6-4-5-7-14(11)12)15(18(19,20)21)23-10-17(2,3)16(24)22-23/h4-9,15H,10H2,1-3H3,(H,22,24)/t15-/m0/s1. The number of carbonyl (C=O) groups excluding carboxylic acids is 1. The molecular weight excluding hydrogens is 317 g/mol. The molecule has 1 fully saturated rings. The molecule has 6 heteroatoms. The average molecular weight is 336 g/mol. The summed E-state index contributed by atoms with van der Waals surface area (Å²) in [7, 11) is 0. The molecule has 0 aromatic heterocycles. The first-order valence-corrected chi connectivity index (χ1v) is 7.73. The molecule has 0 saturated carbocycles. The van der Waals surface area contributed by atoms with Crippen LogP contribution in [0.15, 0.2) is 36.4 Å². The molecule has 1 aliphatic heterocycles. The van der Waals surface area contributed by atoms with Gasteiger partial charge in [0, 0.05) is 6.54 Å². The molecule has 3 nitrogen and oxygen atoms in total. The summed E-state index contributed by atoms with van der Waals surface area (Å²) in [4.78, 5) is 11.9.